The second-order valence-corrected chi connectivity index (χ2v) is 2.69. The Morgan fingerprint density at radius 1 is 1.46 bits per heavy atom. The zero-order valence-electron chi connectivity index (χ0n) is 6.84. The zero-order chi connectivity index (χ0) is 9.10. The maximum atomic E-state index is 11.3. The third-order valence-electron chi connectivity index (χ3n) is 1.68. The average molecular weight is 180 g/mol. The Kier molecular flexibility index (Phi) is 2.18. The predicted octanol–water partition coefficient (Wildman–Crippen LogP) is 0.0322. The molecule has 1 fully saturated rings. The summed E-state index contributed by atoms with van der Waals surface area (Å²) in [5, 5.41) is 0. The predicted molar refractivity (Wildman–Crippen MR) is 42.1 cm³/mol. The van der Waals surface area contributed by atoms with Gasteiger partial charge in [-0.2, -0.15) is 0 Å². The van der Waals surface area contributed by atoms with E-state index >= 15 is 0 Å². The van der Waals surface area contributed by atoms with E-state index in [4.69, 9.17) is 9.47 Å². The van der Waals surface area contributed by atoms with Crippen molar-refractivity contribution in [1.29, 1.82) is 0 Å². The highest BCUT2D eigenvalue weighted by Gasteiger charge is 2.23. The Hall–Kier alpha value is -1.49. The summed E-state index contributed by atoms with van der Waals surface area (Å²) >= 11 is 0. The lowest BCUT2D eigenvalue weighted by Crippen LogP contribution is -2.37. The third-order valence-corrected chi connectivity index (χ3v) is 1.68. The van der Waals surface area contributed by atoms with E-state index < -0.39 is 5.97 Å². The Morgan fingerprint density at radius 3 is 2.69 bits per heavy atom. The fourth-order valence-corrected chi connectivity index (χ4v) is 0.906. The summed E-state index contributed by atoms with van der Waals surface area (Å²) in [6.45, 7) is 0.971. The van der Waals surface area contributed by atoms with Crippen LogP contribution in [0, 0.1) is 0 Å². The molecule has 13 heavy (non-hydrogen) atoms. The molecule has 0 unspecified atom stereocenters. The van der Waals surface area contributed by atoms with Crippen LogP contribution in [0.4, 0.5) is 0 Å². The molecule has 1 aromatic heterocycles. The van der Waals surface area contributed by atoms with Gasteiger partial charge in [0.05, 0.1) is 18.8 Å². The second kappa shape index (κ2) is 3.49. The van der Waals surface area contributed by atoms with E-state index in [1.54, 1.807) is 0 Å². The molecule has 2 heterocycles. The van der Waals surface area contributed by atoms with Gasteiger partial charge in [0, 0.05) is 12.4 Å². The van der Waals surface area contributed by atoms with Gasteiger partial charge in [-0.1, -0.05) is 0 Å². The highest BCUT2D eigenvalue weighted by molar-refractivity contribution is 5.88. The fraction of sp³-hybridized carbons (Fsp3) is 0.375. The Bertz CT molecular complexity index is 298. The van der Waals surface area contributed by atoms with E-state index in [1.807, 2.05) is 0 Å². The molecule has 0 radical (unpaired) electrons. The van der Waals surface area contributed by atoms with Gasteiger partial charge in [0.2, 0.25) is 0 Å². The molecule has 0 amide bonds. The van der Waals surface area contributed by atoms with E-state index in [-0.39, 0.29) is 6.10 Å². The summed E-state index contributed by atoms with van der Waals surface area (Å²) in [7, 11) is 0. The molecular weight excluding hydrogens is 172 g/mol. The molecule has 0 atom stereocenters. The molecule has 1 saturated heterocycles. The number of carbonyl (C=O) groups is 1. The van der Waals surface area contributed by atoms with Crippen LogP contribution >= 0.6 is 0 Å². The molecule has 68 valence electrons. The second-order valence-electron chi connectivity index (χ2n) is 2.69. The van der Waals surface area contributed by atoms with E-state index in [2.05, 4.69) is 9.97 Å². The van der Waals surface area contributed by atoms with E-state index in [0.717, 1.165) is 0 Å². The molecule has 2 rings (SSSR count). The smallest absolute Gasteiger partial charge is 0.341 e. The Morgan fingerprint density at radius 2 is 2.15 bits per heavy atom. The molecule has 1 aliphatic heterocycles. The lowest BCUT2D eigenvalue weighted by molar-refractivity contribution is -0.103. The van der Waals surface area contributed by atoms with Gasteiger partial charge in [-0.25, -0.2) is 14.8 Å². The molecule has 5 nitrogen and oxygen atoms in total. The molecule has 0 spiro atoms. The highest BCUT2D eigenvalue weighted by atomic mass is 16.6. The molecular formula is C8H8N2O3. The summed E-state index contributed by atoms with van der Waals surface area (Å²) in [6.07, 6.45) is 4.11. The number of hydrogen-bond donors (Lipinski definition) is 0. The first-order valence-electron chi connectivity index (χ1n) is 3.90. The number of ether oxygens (including phenoxy) is 2. The normalized spacial score (nSPS) is 16.3. The van der Waals surface area contributed by atoms with Crippen LogP contribution in [0.3, 0.4) is 0 Å². The minimum atomic E-state index is -0.395. The van der Waals surface area contributed by atoms with Crippen LogP contribution in [0.1, 0.15) is 10.4 Å². The summed E-state index contributed by atoms with van der Waals surface area (Å²) in [5.41, 5.74) is 0.370. The minimum absolute atomic E-state index is 0.104. The fourth-order valence-electron chi connectivity index (χ4n) is 0.906. The minimum Gasteiger partial charge on any atom is -0.454 e. The molecule has 0 saturated carbocycles. The lowest BCUT2D eigenvalue weighted by Gasteiger charge is -2.25. The van der Waals surface area contributed by atoms with Gasteiger partial charge in [0.25, 0.3) is 0 Å². The largest absolute Gasteiger partial charge is 0.454 e. The van der Waals surface area contributed by atoms with Crippen LogP contribution in [0.5, 0.6) is 0 Å². The molecule has 0 bridgehead atoms. The number of hydrogen-bond acceptors (Lipinski definition) is 5. The number of aromatic nitrogens is 2. The van der Waals surface area contributed by atoms with Crippen LogP contribution in [0.2, 0.25) is 0 Å². The number of nitrogens with zero attached hydrogens (tertiary/aromatic N) is 2. The SMILES string of the molecule is O=C(OC1COC1)c1cncnc1. The molecule has 0 aliphatic carbocycles. The Balaban J connectivity index is 1.97. The van der Waals surface area contributed by atoms with Gasteiger partial charge < -0.3 is 9.47 Å². The summed E-state index contributed by atoms with van der Waals surface area (Å²) in [5.74, 6) is -0.395. The molecule has 5 heteroatoms. The Labute approximate surface area is 74.7 Å². The van der Waals surface area contributed by atoms with Crippen LogP contribution < -0.4 is 0 Å². The number of rotatable bonds is 2. The zero-order valence-corrected chi connectivity index (χ0v) is 6.84. The first-order valence-corrected chi connectivity index (χ1v) is 3.90. The van der Waals surface area contributed by atoms with Crippen LogP contribution in [0.15, 0.2) is 18.7 Å². The molecule has 0 N–H and O–H groups in total. The van der Waals surface area contributed by atoms with Gasteiger partial charge in [-0.3, -0.25) is 0 Å². The van der Waals surface area contributed by atoms with Gasteiger partial charge in [-0.05, 0) is 0 Å². The van der Waals surface area contributed by atoms with Crippen molar-refractivity contribution in [2.45, 2.75) is 6.10 Å². The van der Waals surface area contributed by atoms with Gasteiger partial charge in [0.1, 0.15) is 12.4 Å². The first kappa shape index (κ1) is 8.12. The van der Waals surface area contributed by atoms with Crippen molar-refractivity contribution in [2.24, 2.45) is 0 Å². The molecule has 1 aliphatic rings. The van der Waals surface area contributed by atoms with Crippen molar-refractivity contribution in [1.82, 2.24) is 9.97 Å². The summed E-state index contributed by atoms with van der Waals surface area (Å²) in [4.78, 5) is 18.7. The lowest BCUT2D eigenvalue weighted by atomic mass is 10.3. The van der Waals surface area contributed by atoms with Crippen LogP contribution in [-0.4, -0.2) is 35.3 Å². The maximum Gasteiger partial charge on any atom is 0.341 e. The molecule has 0 aromatic carbocycles. The van der Waals surface area contributed by atoms with Crippen molar-refractivity contribution in [3.05, 3.63) is 24.3 Å². The third kappa shape index (κ3) is 1.81. The monoisotopic (exact) mass is 180 g/mol. The van der Waals surface area contributed by atoms with Crippen LogP contribution in [0.25, 0.3) is 0 Å². The van der Waals surface area contributed by atoms with Crippen molar-refractivity contribution >= 4 is 5.97 Å². The number of carbonyl (C=O) groups excluding carboxylic acids is 1. The highest BCUT2D eigenvalue weighted by Crippen LogP contribution is 2.08. The standard InChI is InChI=1S/C8H8N2O3/c11-8(13-7-3-12-4-7)6-1-9-5-10-2-6/h1-2,5,7H,3-4H2. The average Bonchev–Trinajstić information content (AvgIpc) is 2.12. The van der Waals surface area contributed by atoms with Crippen molar-refractivity contribution in [3.63, 3.8) is 0 Å². The maximum absolute atomic E-state index is 11.3. The quantitative estimate of drug-likeness (QED) is 0.601. The first-order chi connectivity index (χ1) is 6.36. The van der Waals surface area contributed by atoms with Crippen molar-refractivity contribution in [3.8, 4) is 0 Å². The van der Waals surface area contributed by atoms with Crippen molar-refractivity contribution in [2.75, 3.05) is 13.2 Å². The molecule has 1 aromatic rings. The topological polar surface area (TPSA) is 61.3 Å². The van der Waals surface area contributed by atoms with Crippen molar-refractivity contribution < 1.29 is 14.3 Å². The van der Waals surface area contributed by atoms with Gasteiger partial charge >= 0.3 is 5.97 Å². The van der Waals surface area contributed by atoms with Crippen LogP contribution in [-0.2, 0) is 9.47 Å². The number of esters is 1. The summed E-state index contributed by atoms with van der Waals surface area (Å²) in [6, 6.07) is 0. The van der Waals surface area contributed by atoms with E-state index in [1.165, 1.54) is 18.7 Å². The van der Waals surface area contributed by atoms with E-state index in [0.29, 0.717) is 18.8 Å². The summed E-state index contributed by atoms with van der Waals surface area (Å²) < 4.78 is 9.89. The van der Waals surface area contributed by atoms with Gasteiger partial charge in [0.15, 0.2) is 0 Å². The van der Waals surface area contributed by atoms with Gasteiger partial charge in [-0.15, -0.1) is 0 Å². The van der Waals surface area contributed by atoms with E-state index in [9.17, 15) is 4.79 Å².